The highest BCUT2D eigenvalue weighted by atomic mass is 16.3. The summed E-state index contributed by atoms with van der Waals surface area (Å²) in [5.74, 6) is 6.86. The summed E-state index contributed by atoms with van der Waals surface area (Å²) in [5, 5.41) is 9.73. The lowest BCUT2D eigenvalue weighted by atomic mass is 10.1. The standard InChI is InChI=1S/C14H16O/c15-14(8-4-7-12-9-10-12)11-13-5-2-1-3-6-13/h1-3,5-6,12,14-15H,8-11H2. The summed E-state index contributed by atoms with van der Waals surface area (Å²) in [6.45, 7) is 0. The predicted molar refractivity (Wildman–Crippen MR) is 61.3 cm³/mol. The molecule has 0 aliphatic heterocycles. The Bertz CT molecular complexity index is 354. The normalized spacial score (nSPS) is 16.6. The van der Waals surface area contributed by atoms with Gasteiger partial charge in [0.2, 0.25) is 0 Å². The summed E-state index contributed by atoms with van der Waals surface area (Å²) < 4.78 is 0. The first-order valence-corrected chi connectivity index (χ1v) is 5.55. The number of aliphatic hydroxyl groups excluding tert-OH is 1. The molecule has 1 aromatic rings. The van der Waals surface area contributed by atoms with Crippen LogP contribution in [0.1, 0.15) is 24.8 Å². The monoisotopic (exact) mass is 200 g/mol. The predicted octanol–water partition coefficient (Wildman–Crippen LogP) is 2.39. The quantitative estimate of drug-likeness (QED) is 0.743. The molecule has 0 saturated heterocycles. The van der Waals surface area contributed by atoms with Crippen LogP contribution in [-0.2, 0) is 6.42 Å². The zero-order chi connectivity index (χ0) is 10.5. The van der Waals surface area contributed by atoms with Crippen LogP contribution < -0.4 is 0 Å². The Labute approximate surface area is 91.1 Å². The van der Waals surface area contributed by atoms with E-state index in [1.54, 1.807) is 0 Å². The molecule has 0 radical (unpaired) electrons. The Hall–Kier alpha value is -1.26. The van der Waals surface area contributed by atoms with E-state index in [9.17, 15) is 5.11 Å². The number of rotatable bonds is 3. The van der Waals surface area contributed by atoms with Gasteiger partial charge in [-0.1, -0.05) is 36.3 Å². The molecule has 2 rings (SSSR count). The van der Waals surface area contributed by atoms with Gasteiger partial charge in [-0.15, -0.1) is 5.92 Å². The van der Waals surface area contributed by atoms with Gasteiger partial charge in [-0.3, -0.25) is 0 Å². The fourth-order valence-corrected chi connectivity index (χ4v) is 1.51. The Balaban J connectivity index is 1.77. The van der Waals surface area contributed by atoms with Crippen molar-refractivity contribution in [3.8, 4) is 11.8 Å². The van der Waals surface area contributed by atoms with Crippen molar-refractivity contribution >= 4 is 0 Å². The number of hydrogen-bond donors (Lipinski definition) is 1. The van der Waals surface area contributed by atoms with Crippen molar-refractivity contribution in [3.05, 3.63) is 35.9 Å². The molecule has 0 aromatic heterocycles. The molecule has 1 aliphatic carbocycles. The highest BCUT2D eigenvalue weighted by Crippen LogP contribution is 2.27. The highest BCUT2D eigenvalue weighted by molar-refractivity contribution is 5.16. The van der Waals surface area contributed by atoms with E-state index in [-0.39, 0.29) is 6.10 Å². The first-order valence-electron chi connectivity index (χ1n) is 5.55. The SMILES string of the molecule is OC(CC#CC1CC1)Cc1ccccc1. The van der Waals surface area contributed by atoms with Crippen LogP contribution in [0.4, 0.5) is 0 Å². The van der Waals surface area contributed by atoms with Gasteiger partial charge in [-0.2, -0.15) is 0 Å². The van der Waals surface area contributed by atoms with Gasteiger partial charge in [-0.25, -0.2) is 0 Å². The third kappa shape index (κ3) is 3.77. The van der Waals surface area contributed by atoms with Gasteiger partial charge in [0.15, 0.2) is 0 Å². The molecule has 1 heteroatoms. The maximum Gasteiger partial charge on any atom is 0.0689 e. The summed E-state index contributed by atoms with van der Waals surface area (Å²) in [4.78, 5) is 0. The van der Waals surface area contributed by atoms with E-state index in [1.807, 2.05) is 30.3 Å². The highest BCUT2D eigenvalue weighted by Gasteiger charge is 2.17. The van der Waals surface area contributed by atoms with Crippen LogP contribution in [0.5, 0.6) is 0 Å². The van der Waals surface area contributed by atoms with Crippen LogP contribution in [0, 0.1) is 17.8 Å². The van der Waals surface area contributed by atoms with E-state index in [0.717, 1.165) is 0 Å². The van der Waals surface area contributed by atoms with Crippen LogP contribution in [0.15, 0.2) is 30.3 Å². The van der Waals surface area contributed by atoms with Crippen LogP contribution in [0.2, 0.25) is 0 Å². The average molecular weight is 200 g/mol. The zero-order valence-electron chi connectivity index (χ0n) is 8.82. The van der Waals surface area contributed by atoms with Crippen molar-refractivity contribution in [2.45, 2.75) is 31.8 Å². The molecule has 1 N–H and O–H groups in total. The number of aliphatic hydroxyl groups is 1. The second kappa shape index (κ2) is 5.00. The van der Waals surface area contributed by atoms with Gasteiger partial charge < -0.3 is 5.11 Å². The first-order chi connectivity index (χ1) is 7.34. The fraction of sp³-hybridized carbons (Fsp3) is 0.429. The van der Waals surface area contributed by atoms with Crippen molar-refractivity contribution in [3.63, 3.8) is 0 Å². The van der Waals surface area contributed by atoms with E-state index in [1.165, 1.54) is 18.4 Å². The van der Waals surface area contributed by atoms with Crippen molar-refractivity contribution < 1.29 is 5.11 Å². The van der Waals surface area contributed by atoms with Crippen molar-refractivity contribution in [2.75, 3.05) is 0 Å². The van der Waals surface area contributed by atoms with E-state index < -0.39 is 0 Å². The molecule has 1 aliphatic rings. The lowest BCUT2D eigenvalue weighted by Gasteiger charge is -2.06. The molecule has 0 heterocycles. The van der Waals surface area contributed by atoms with Crippen molar-refractivity contribution in [1.82, 2.24) is 0 Å². The van der Waals surface area contributed by atoms with Gasteiger partial charge in [-0.05, 0) is 24.8 Å². The summed E-state index contributed by atoms with van der Waals surface area (Å²) in [5.41, 5.74) is 1.18. The molecule has 1 unspecified atom stereocenters. The van der Waals surface area contributed by atoms with Gasteiger partial charge in [0.25, 0.3) is 0 Å². The number of hydrogen-bond acceptors (Lipinski definition) is 1. The van der Waals surface area contributed by atoms with E-state index in [2.05, 4.69) is 11.8 Å². The lowest BCUT2D eigenvalue weighted by molar-refractivity contribution is 0.180. The Morgan fingerprint density at radius 2 is 2.00 bits per heavy atom. The smallest absolute Gasteiger partial charge is 0.0689 e. The zero-order valence-corrected chi connectivity index (χ0v) is 8.82. The number of benzene rings is 1. The topological polar surface area (TPSA) is 20.2 Å². The second-order valence-corrected chi connectivity index (χ2v) is 4.14. The molecular formula is C14H16O. The van der Waals surface area contributed by atoms with E-state index >= 15 is 0 Å². The van der Waals surface area contributed by atoms with Gasteiger partial charge in [0, 0.05) is 12.3 Å². The van der Waals surface area contributed by atoms with Gasteiger partial charge in [0.05, 0.1) is 6.10 Å². The van der Waals surface area contributed by atoms with Crippen LogP contribution >= 0.6 is 0 Å². The average Bonchev–Trinajstić information content (AvgIpc) is 3.03. The van der Waals surface area contributed by atoms with Crippen LogP contribution in [0.25, 0.3) is 0 Å². The van der Waals surface area contributed by atoms with Crippen LogP contribution in [0.3, 0.4) is 0 Å². The minimum Gasteiger partial charge on any atom is -0.392 e. The van der Waals surface area contributed by atoms with Crippen molar-refractivity contribution in [1.29, 1.82) is 0 Å². The molecule has 1 nitrogen and oxygen atoms in total. The third-order valence-corrected chi connectivity index (χ3v) is 2.54. The Kier molecular flexibility index (Phi) is 3.42. The molecule has 0 bridgehead atoms. The molecule has 78 valence electrons. The van der Waals surface area contributed by atoms with E-state index in [0.29, 0.717) is 18.8 Å². The molecule has 1 aromatic carbocycles. The maximum atomic E-state index is 9.73. The molecular weight excluding hydrogens is 184 g/mol. The minimum absolute atomic E-state index is 0.321. The lowest BCUT2D eigenvalue weighted by Crippen LogP contribution is -2.08. The summed E-state index contributed by atoms with van der Waals surface area (Å²) >= 11 is 0. The van der Waals surface area contributed by atoms with Gasteiger partial charge in [0.1, 0.15) is 0 Å². The molecule has 1 fully saturated rings. The molecule has 1 saturated carbocycles. The summed E-state index contributed by atoms with van der Waals surface area (Å²) in [6.07, 6.45) is 3.49. The fourth-order valence-electron chi connectivity index (χ4n) is 1.51. The van der Waals surface area contributed by atoms with E-state index in [4.69, 9.17) is 0 Å². The summed E-state index contributed by atoms with van der Waals surface area (Å²) in [6, 6.07) is 10.1. The third-order valence-electron chi connectivity index (χ3n) is 2.54. The molecule has 0 spiro atoms. The Morgan fingerprint density at radius 3 is 2.67 bits per heavy atom. The molecule has 1 atom stereocenters. The summed E-state index contributed by atoms with van der Waals surface area (Å²) in [7, 11) is 0. The second-order valence-electron chi connectivity index (χ2n) is 4.14. The minimum atomic E-state index is -0.321. The van der Waals surface area contributed by atoms with Gasteiger partial charge >= 0.3 is 0 Å². The molecule has 15 heavy (non-hydrogen) atoms. The van der Waals surface area contributed by atoms with Crippen molar-refractivity contribution in [2.24, 2.45) is 5.92 Å². The largest absolute Gasteiger partial charge is 0.392 e. The van der Waals surface area contributed by atoms with Crippen LogP contribution in [-0.4, -0.2) is 11.2 Å². The first kappa shape index (κ1) is 10.3. The maximum absolute atomic E-state index is 9.73. The molecule has 0 amide bonds. The Morgan fingerprint density at radius 1 is 1.27 bits per heavy atom.